The predicted molar refractivity (Wildman–Crippen MR) is 76.3 cm³/mol. The SMILES string of the molecule is CCCN(CC1CC1)C(=O)COc1ccc(C)cc1. The van der Waals surface area contributed by atoms with Crippen LogP contribution in [0, 0.1) is 12.8 Å². The molecule has 0 aromatic heterocycles. The third kappa shape index (κ3) is 4.58. The van der Waals surface area contributed by atoms with E-state index in [-0.39, 0.29) is 12.5 Å². The minimum atomic E-state index is 0.106. The molecule has 3 nitrogen and oxygen atoms in total. The Bertz CT molecular complexity index is 409. The van der Waals surface area contributed by atoms with E-state index in [9.17, 15) is 4.79 Å². The number of aryl methyl sites for hydroxylation is 1. The molecule has 1 amide bonds. The van der Waals surface area contributed by atoms with Gasteiger partial charge in [-0.25, -0.2) is 0 Å². The Hall–Kier alpha value is -1.51. The average molecular weight is 261 g/mol. The van der Waals surface area contributed by atoms with E-state index in [0.29, 0.717) is 0 Å². The monoisotopic (exact) mass is 261 g/mol. The van der Waals surface area contributed by atoms with Crippen molar-refractivity contribution in [2.24, 2.45) is 5.92 Å². The molecule has 1 aliphatic carbocycles. The molecule has 0 bridgehead atoms. The summed E-state index contributed by atoms with van der Waals surface area (Å²) in [7, 11) is 0. The number of hydrogen-bond acceptors (Lipinski definition) is 2. The van der Waals surface area contributed by atoms with E-state index in [1.165, 1.54) is 18.4 Å². The van der Waals surface area contributed by atoms with Gasteiger partial charge in [-0.15, -0.1) is 0 Å². The van der Waals surface area contributed by atoms with Gasteiger partial charge < -0.3 is 9.64 Å². The van der Waals surface area contributed by atoms with Gasteiger partial charge in [-0.05, 0) is 44.2 Å². The van der Waals surface area contributed by atoms with Crippen LogP contribution in [0.1, 0.15) is 31.7 Å². The Morgan fingerprint density at radius 3 is 2.58 bits per heavy atom. The number of hydrogen-bond donors (Lipinski definition) is 0. The van der Waals surface area contributed by atoms with Crippen LogP contribution in [-0.2, 0) is 4.79 Å². The molecule has 0 spiro atoms. The molecule has 0 aliphatic heterocycles. The first-order valence-corrected chi connectivity index (χ1v) is 7.16. The van der Waals surface area contributed by atoms with E-state index in [4.69, 9.17) is 4.74 Å². The van der Waals surface area contributed by atoms with Gasteiger partial charge in [0.05, 0.1) is 0 Å². The molecule has 0 heterocycles. The maximum atomic E-state index is 12.1. The maximum absolute atomic E-state index is 12.1. The number of benzene rings is 1. The van der Waals surface area contributed by atoms with Crippen molar-refractivity contribution in [1.29, 1.82) is 0 Å². The molecular weight excluding hydrogens is 238 g/mol. The van der Waals surface area contributed by atoms with Crippen LogP contribution >= 0.6 is 0 Å². The zero-order valence-electron chi connectivity index (χ0n) is 11.9. The zero-order chi connectivity index (χ0) is 13.7. The molecule has 19 heavy (non-hydrogen) atoms. The normalized spacial score (nSPS) is 14.2. The van der Waals surface area contributed by atoms with Gasteiger partial charge in [-0.2, -0.15) is 0 Å². The fourth-order valence-electron chi connectivity index (χ4n) is 2.07. The van der Waals surface area contributed by atoms with Gasteiger partial charge >= 0.3 is 0 Å². The molecule has 1 saturated carbocycles. The third-order valence-corrected chi connectivity index (χ3v) is 3.41. The highest BCUT2D eigenvalue weighted by Crippen LogP contribution is 2.29. The summed E-state index contributed by atoms with van der Waals surface area (Å²) in [6.45, 7) is 6.04. The van der Waals surface area contributed by atoms with Crippen LogP contribution in [-0.4, -0.2) is 30.5 Å². The lowest BCUT2D eigenvalue weighted by molar-refractivity contribution is -0.133. The number of carbonyl (C=O) groups is 1. The fraction of sp³-hybridized carbons (Fsp3) is 0.562. The van der Waals surface area contributed by atoms with Gasteiger partial charge in [0, 0.05) is 13.1 Å². The van der Waals surface area contributed by atoms with Crippen molar-refractivity contribution in [1.82, 2.24) is 4.90 Å². The molecular formula is C16H23NO2. The summed E-state index contributed by atoms with van der Waals surface area (Å²) in [5, 5.41) is 0. The van der Waals surface area contributed by atoms with Gasteiger partial charge in [0.1, 0.15) is 5.75 Å². The molecule has 1 fully saturated rings. The zero-order valence-corrected chi connectivity index (χ0v) is 11.9. The largest absolute Gasteiger partial charge is 0.484 e. The molecule has 1 aliphatic rings. The molecule has 104 valence electrons. The maximum Gasteiger partial charge on any atom is 0.260 e. The number of carbonyl (C=O) groups excluding carboxylic acids is 1. The van der Waals surface area contributed by atoms with Gasteiger partial charge in [-0.3, -0.25) is 4.79 Å². The average Bonchev–Trinajstić information content (AvgIpc) is 3.21. The van der Waals surface area contributed by atoms with E-state index in [2.05, 4.69) is 6.92 Å². The van der Waals surface area contributed by atoms with Crippen LogP contribution in [0.4, 0.5) is 0 Å². The standard InChI is InChI=1S/C16H23NO2/c1-3-10-17(11-14-6-7-14)16(18)12-19-15-8-4-13(2)5-9-15/h4-5,8-9,14H,3,6-7,10-12H2,1-2H3. The van der Waals surface area contributed by atoms with Crippen molar-refractivity contribution >= 4 is 5.91 Å². The molecule has 3 heteroatoms. The lowest BCUT2D eigenvalue weighted by Crippen LogP contribution is -2.37. The lowest BCUT2D eigenvalue weighted by atomic mass is 10.2. The predicted octanol–water partition coefficient (Wildman–Crippen LogP) is 3.02. The van der Waals surface area contributed by atoms with Crippen LogP contribution < -0.4 is 4.74 Å². The summed E-state index contributed by atoms with van der Waals surface area (Å²) in [5.74, 6) is 1.60. The Labute approximate surface area is 115 Å². The first-order valence-electron chi connectivity index (χ1n) is 7.16. The summed E-state index contributed by atoms with van der Waals surface area (Å²) in [4.78, 5) is 14.1. The molecule has 1 aromatic carbocycles. The van der Waals surface area contributed by atoms with E-state index in [1.54, 1.807) is 0 Å². The van der Waals surface area contributed by atoms with Crippen molar-refractivity contribution in [2.45, 2.75) is 33.1 Å². The van der Waals surface area contributed by atoms with Crippen LogP contribution in [0.2, 0.25) is 0 Å². The topological polar surface area (TPSA) is 29.5 Å². The van der Waals surface area contributed by atoms with E-state index in [0.717, 1.165) is 31.2 Å². The second-order valence-electron chi connectivity index (χ2n) is 5.38. The Morgan fingerprint density at radius 1 is 1.32 bits per heavy atom. The van der Waals surface area contributed by atoms with E-state index >= 15 is 0 Å². The van der Waals surface area contributed by atoms with Crippen molar-refractivity contribution in [3.8, 4) is 5.75 Å². The number of rotatable bonds is 7. The number of ether oxygens (including phenoxy) is 1. The smallest absolute Gasteiger partial charge is 0.260 e. The van der Waals surface area contributed by atoms with Gasteiger partial charge in [-0.1, -0.05) is 24.6 Å². The van der Waals surface area contributed by atoms with Gasteiger partial charge in [0.2, 0.25) is 0 Å². The van der Waals surface area contributed by atoms with Gasteiger partial charge in [0.25, 0.3) is 5.91 Å². The number of nitrogens with zero attached hydrogens (tertiary/aromatic N) is 1. The molecule has 1 aromatic rings. The summed E-state index contributed by atoms with van der Waals surface area (Å²) in [5.41, 5.74) is 1.19. The van der Waals surface area contributed by atoms with Crippen molar-refractivity contribution in [3.63, 3.8) is 0 Å². The quantitative estimate of drug-likeness (QED) is 0.755. The van der Waals surface area contributed by atoms with Crippen molar-refractivity contribution < 1.29 is 9.53 Å². The second kappa shape index (κ2) is 6.60. The molecule has 0 N–H and O–H groups in total. The van der Waals surface area contributed by atoms with Gasteiger partial charge in [0.15, 0.2) is 6.61 Å². The minimum Gasteiger partial charge on any atom is -0.484 e. The first-order chi connectivity index (χ1) is 9.19. The fourth-order valence-corrected chi connectivity index (χ4v) is 2.07. The Kier molecular flexibility index (Phi) is 4.83. The summed E-state index contributed by atoms with van der Waals surface area (Å²) >= 11 is 0. The minimum absolute atomic E-state index is 0.106. The lowest BCUT2D eigenvalue weighted by Gasteiger charge is -2.22. The molecule has 0 unspecified atom stereocenters. The van der Waals surface area contributed by atoms with E-state index in [1.807, 2.05) is 36.1 Å². The summed E-state index contributed by atoms with van der Waals surface area (Å²) in [6, 6.07) is 7.81. The van der Waals surface area contributed by atoms with Crippen molar-refractivity contribution in [3.05, 3.63) is 29.8 Å². The van der Waals surface area contributed by atoms with E-state index < -0.39 is 0 Å². The number of amides is 1. The first kappa shape index (κ1) is 13.9. The van der Waals surface area contributed by atoms with Crippen LogP contribution in [0.25, 0.3) is 0 Å². The van der Waals surface area contributed by atoms with Crippen LogP contribution in [0.3, 0.4) is 0 Å². The summed E-state index contributed by atoms with van der Waals surface area (Å²) < 4.78 is 5.56. The third-order valence-electron chi connectivity index (χ3n) is 3.41. The highest BCUT2D eigenvalue weighted by molar-refractivity contribution is 5.77. The Morgan fingerprint density at radius 2 is 2.00 bits per heavy atom. The highest BCUT2D eigenvalue weighted by Gasteiger charge is 2.26. The summed E-state index contributed by atoms with van der Waals surface area (Å²) in [6.07, 6.45) is 3.54. The Balaban J connectivity index is 1.82. The highest BCUT2D eigenvalue weighted by atomic mass is 16.5. The second-order valence-corrected chi connectivity index (χ2v) is 5.38. The molecule has 0 saturated heterocycles. The van der Waals surface area contributed by atoms with Crippen molar-refractivity contribution in [2.75, 3.05) is 19.7 Å². The molecule has 0 radical (unpaired) electrons. The molecule has 2 rings (SSSR count). The van der Waals surface area contributed by atoms with Crippen LogP contribution in [0.15, 0.2) is 24.3 Å². The molecule has 0 atom stereocenters. The van der Waals surface area contributed by atoms with Crippen LogP contribution in [0.5, 0.6) is 5.75 Å².